The van der Waals surface area contributed by atoms with E-state index in [0.29, 0.717) is 31.8 Å². The molecule has 0 spiro atoms. The van der Waals surface area contributed by atoms with Crippen molar-refractivity contribution in [3.8, 4) is 0 Å². The molecule has 1 N–H and O–H groups in total. The molecule has 0 aliphatic heterocycles. The molecule has 5 nitrogen and oxygen atoms in total. The number of aromatic nitrogens is 2. The quantitative estimate of drug-likeness (QED) is 0.464. The van der Waals surface area contributed by atoms with Crippen LogP contribution in [0, 0.1) is 0 Å². The van der Waals surface area contributed by atoms with Crippen LogP contribution in [0.1, 0.15) is 19.9 Å². The standard InChI is InChI=1S/C19H17Cl2N3O2S/c1-11(2)24-18(26)12-6-3-4-8-14(12)23-19(24)27-10-16(25)22-15-9-5-7-13(20)17(15)21/h3-9,11H,10H2,1-2H3,(H,22,25). The maximum atomic E-state index is 12.8. The Morgan fingerprint density at radius 2 is 1.93 bits per heavy atom. The van der Waals surface area contributed by atoms with Crippen molar-refractivity contribution in [1.82, 2.24) is 9.55 Å². The van der Waals surface area contributed by atoms with Crippen molar-refractivity contribution < 1.29 is 4.79 Å². The highest BCUT2D eigenvalue weighted by Gasteiger charge is 2.16. The van der Waals surface area contributed by atoms with Crippen molar-refractivity contribution in [3.63, 3.8) is 0 Å². The van der Waals surface area contributed by atoms with E-state index in [-0.39, 0.29) is 23.3 Å². The molecule has 0 radical (unpaired) electrons. The SMILES string of the molecule is CC(C)n1c(SCC(=O)Nc2cccc(Cl)c2Cl)nc2ccccc2c1=O. The number of halogens is 2. The van der Waals surface area contributed by atoms with Crippen molar-refractivity contribution in [2.24, 2.45) is 0 Å². The number of carbonyl (C=O) groups excluding carboxylic acids is 1. The molecule has 1 amide bonds. The third-order valence-corrected chi connectivity index (χ3v) is 5.62. The van der Waals surface area contributed by atoms with Gasteiger partial charge in [-0.3, -0.25) is 14.2 Å². The minimum atomic E-state index is -0.262. The normalized spacial score (nSPS) is 11.1. The Morgan fingerprint density at radius 3 is 2.67 bits per heavy atom. The van der Waals surface area contributed by atoms with E-state index in [1.165, 1.54) is 11.8 Å². The number of hydrogen-bond donors (Lipinski definition) is 1. The third kappa shape index (κ3) is 4.29. The second-order valence-corrected chi connectivity index (χ2v) is 7.85. The highest BCUT2D eigenvalue weighted by Crippen LogP contribution is 2.30. The van der Waals surface area contributed by atoms with Crippen LogP contribution in [0.5, 0.6) is 0 Å². The summed E-state index contributed by atoms with van der Waals surface area (Å²) in [6.07, 6.45) is 0. The number of carbonyl (C=O) groups is 1. The van der Waals surface area contributed by atoms with E-state index >= 15 is 0 Å². The largest absolute Gasteiger partial charge is 0.324 e. The zero-order valence-electron chi connectivity index (χ0n) is 14.7. The highest BCUT2D eigenvalue weighted by atomic mass is 35.5. The Hall–Kier alpha value is -2.02. The Kier molecular flexibility index (Phi) is 6.09. The Morgan fingerprint density at radius 1 is 1.19 bits per heavy atom. The van der Waals surface area contributed by atoms with Crippen molar-refractivity contribution in [2.45, 2.75) is 25.0 Å². The van der Waals surface area contributed by atoms with Crippen LogP contribution < -0.4 is 10.9 Å². The van der Waals surface area contributed by atoms with Crippen molar-refractivity contribution in [1.29, 1.82) is 0 Å². The Balaban J connectivity index is 1.84. The summed E-state index contributed by atoms with van der Waals surface area (Å²) in [6, 6.07) is 12.1. The van der Waals surface area contributed by atoms with Gasteiger partial charge in [-0.2, -0.15) is 0 Å². The highest BCUT2D eigenvalue weighted by molar-refractivity contribution is 7.99. The molecule has 3 aromatic rings. The number of hydrogen-bond acceptors (Lipinski definition) is 4. The minimum Gasteiger partial charge on any atom is -0.324 e. The number of fused-ring (bicyclic) bond motifs is 1. The summed E-state index contributed by atoms with van der Waals surface area (Å²) in [4.78, 5) is 29.7. The van der Waals surface area contributed by atoms with Gasteiger partial charge in [-0.15, -0.1) is 0 Å². The molecule has 0 bridgehead atoms. The van der Waals surface area contributed by atoms with E-state index in [1.54, 1.807) is 34.9 Å². The van der Waals surface area contributed by atoms with E-state index in [4.69, 9.17) is 23.2 Å². The van der Waals surface area contributed by atoms with Crippen LogP contribution in [0.4, 0.5) is 5.69 Å². The van der Waals surface area contributed by atoms with Gasteiger partial charge in [0.15, 0.2) is 5.16 Å². The topological polar surface area (TPSA) is 64.0 Å². The summed E-state index contributed by atoms with van der Waals surface area (Å²) >= 11 is 13.3. The maximum absolute atomic E-state index is 12.8. The number of benzene rings is 2. The smallest absolute Gasteiger partial charge is 0.262 e. The van der Waals surface area contributed by atoms with Gasteiger partial charge in [-0.1, -0.05) is 53.2 Å². The summed E-state index contributed by atoms with van der Waals surface area (Å²) in [7, 11) is 0. The van der Waals surface area contributed by atoms with E-state index in [0.717, 1.165) is 0 Å². The Labute approximate surface area is 170 Å². The molecule has 27 heavy (non-hydrogen) atoms. The molecular weight excluding hydrogens is 405 g/mol. The van der Waals surface area contributed by atoms with Gasteiger partial charge >= 0.3 is 0 Å². The summed E-state index contributed by atoms with van der Waals surface area (Å²) in [5, 5.41) is 4.45. The van der Waals surface area contributed by atoms with Crippen LogP contribution in [-0.4, -0.2) is 21.2 Å². The van der Waals surface area contributed by atoms with Gasteiger partial charge in [0, 0.05) is 6.04 Å². The number of amides is 1. The van der Waals surface area contributed by atoms with Crippen LogP contribution in [0.15, 0.2) is 52.4 Å². The molecule has 0 saturated carbocycles. The number of nitrogens with one attached hydrogen (secondary N) is 1. The lowest BCUT2D eigenvalue weighted by atomic mass is 10.2. The second kappa shape index (κ2) is 8.33. The van der Waals surface area contributed by atoms with Crippen LogP contribution in [0.3, 0.4) is 0 Å². The number of para-hydroxylation sites is 1. The molecular formula is C19H17Cl2N3O2S. The molecule has 1 heterocycles. The first-order valence-corrected chi connectivity index (χ1v) is 10.0. The molecule has 3 rings (SSSR count). The summed E-state index contributed by atoms with van der Waals surface area (Å²) < 4.78 is 1.60. The lowest BCUT2D eigenvalue weighted by molar-refractivity contribution is -0.113. The van der Waals surface area contributed by atoms with Crippen LogP contribution in [0.2, 0.25) is 10.0 Å². The van der Waals surface area contributed by atoms with E-state index < -0.39 is 0 Å². The van der Waals surface area contributed by atoms with Gasteiger partial charge < -0.3 is 5.32 Å². The third-order valence-electron chi connectivity index (χ3n) is 3.85. The molecule has 0 unspecified atom stereocenters. The zero-order chi connectivity index (χ0) is 19.6. The van der Waals surface area contributed by atoms with Crippen LogP contribution in [-0.2, 0) is 4.79 Å². The molecule has 0 fully saturated rings. The number of anilines is 1. The van der Waals surface area contributed by atoms with Gasteiger partial charge in [0.1, 0.15) is 0 Å². The van der Waals surface area contributed by atoms with Gasteiger partial charge in [-0.25, -0.2) is 4.98 Å². The Bertz CT molecular complexity index is 1070. The van der Waals surface area contributed by atoms with Gasteiger partial charge in [0.05, 0.1) is 32.4 Å². The first-order chi connectivity index (χ1) is 12.9. The minimum absolute atomic E-state index is 0.0810. The fourth-order valence-corrected chi connectivity index (χ4v) is 3.88. The molecule has 0 saturated heterocycles. The second-order valence-electron chi connectivity index (χ2n) is 6.12. The van der Waals surface area contributed by atoms with E-state index in [9.17, 15) is 9.59 Å². The first kappa shape index (κ1) is 19.7. The predicted octanol–water partition coefficient (Wildman–Crippen LogP) is 5.02. The van der Waals surface area contributed by atoms with Gasteiger partial charge in [0.25, 0.3) is 5.56 Å². The first-order valence-electron chi connectivity index (χ1n) is 8.26. The maximum Gasteiger partial charge on any atom is 0.262 e. The van der Waals surface area contributed by atoms with Crippen molar-refractivity contribution in [2.75, 3.05) is 11.1 Å². The fraction of sp³-hybridized carbons (Fsp3) is 0.211. The molecule has 140 valence electrons. The number of nitrogens with zero attached hydrogens (tertiary/aromatic N) is 2. The summed E-state index contributed by atoms with van der Waals surface area (Å²) in [5.41, 5.74) is 0.944. The van der Waals surface area contributed by atoms with E-state index in [1.807, 2.05) is 26.0 Å². The van der Waals surface area contributed by atoms with Crippen LogP contribution >= 0.6 is 35.0 Å². The molecule has 0 aliphatic carbocycles. The monoisotopic (exact) mass is 421 g/mol. The lowest BCUT2D eigenvalue weighted by Gasteiger charge is -2.16. The predicted molar refractivity (Wildman–Crippen MR) is 112 cm³/mol. The summed E-state index contributed by atoms with van der Waals surface area (Å²) in [6.45, 7) is 3.82. The zero-order valence-corrected chi connectivity index (χ0v) is 17.0. The average Bonchev–Trinajstić information content (AvgIpc) is 2.63. The van der Waals surface area contributed by atoms with Crippen molar-refractivity contribution in [3.05, 3.63) is 62.9 Å². The molecule has 2 aromatic carbocycles. The molecule has 0 aliphatic rings. The van der Waals surface area contributed by atoms with Gasteiger partial charge in [0.2, 0.25) is 5.91 Å². The number of rotatable bonds is 5. The fourth-order valence-electron chi connectivity index (χ4n) is 2.60. The average molecular weight is 422 g/mol. The molecule has 0 atom stereocenters. The molecule has 1 aromatic heterocycles. The van der Waals surface area contributed by atoms with Crippen molar-refractivity contribution >= 4 is 57.5 Å². The summed E-state index contributed by atoms with van der Waals surface area (Å²) in [5.74, 6) is -0.178. The van der Waals surface area contributed by atoms with Gasteiger partial charge in [-0.05, 0) is 38.1 Å². The van der Waals surface area contributed by atoms with Crippen LogP contribution in [0.25, 0.3) is 10.9 Å². The number of thioether (sulfide) groups is 1. The lowest BCUT2D eigenvalue weighted by Crippen LogP contribution is -2.25. The van der Waals surface area contributed by atoms with E-state index in [2.05, 4.69) is 10.3 Å². The molecule has 8 heteroatoms.